The number of nitrogens with zero attached hydrogens (tertiary/aromatic N) is 4. The van der Waals surface area contributed by atoms with E-state index in [2.05, 4.69) is 15.1 Å². The fourth-order valence-electron chi connectivity index (χ4n) is 2.25. The van der Waals surface area contributed by atoms with Crippen LogP contribution >= 0.6 is 0 Å². The predicted molar refractivity (Wildman–Crippen MR) is 65.8 cm³/mol. The summed E-state index contributed by atoms with van der Waals surface area (Å²) in [5.41, 5.74) is 3.90. The van der Waals surface area contributed by atoms with Gasteiger partial charge in [0, 0.05) is 17.8 Å². The number of hydrogen-bond donors (Lipinski definition) is 0. The molecule has 0 unspecified atom stereocenters. The van der Waals surface area contributed by atoms with Gasteiger partial charge in [-0.1, -0.05) is 0 Å². The van der Waals surface area contributed by atoms with E-state index in [9.17, 15) is 0 Å². The highest BCUT2D eigenvalue weighted by Gasteiger charge is 2.09. The van der Waals surface area contributed by atoms with Crippen molar-refractivity contribution in [2.45, 2.75) is 0 Å². The summed E-state index contributed by atoms with van der Waals surface area (Å²) in [5, 5.41) is 5.40. The molecule has 0 saturated heterocycles. The van der Waals surface area contributed by atoms with Crippen LogP contribution in [-0.4, -0.2) is 19.6 Å². The topological polar surface area (TPSA) is 43.1 Å². The SMILES string of the molecule is c1cnc2c(c1)c1ncccc1n1nccc21. The third kappa shape index (κ3) is 1.04. The molecule has 0 radical (unpaired) electrons. The molecule has 0 N–H and O–H groups in total. The van der Waals surface area contributed by atoms with E-state index < -0.39 is 0 Å². The molecule has 4 heteroatoms. The van der Waals surface area contributed by atoms with Gasteiger partial charge < -0.3 is 0 Å². The van der Waals surface area contributed by atoms with Gasteiger partial charge in [-0.05, 0) is 30.3 Å². The highest BCUT2D eigenvalue weighted by Crippen LogP contribution is 2.25. The molecule has 17 heavy (non-hydrogen) atoms. The van der Waals surface area contributed by atoms with Gasteiger partial charge >= 0.3 is 0 Å². The van der Waals surface area contributed by atoms with Crippen molar-refractivity contribution in [2.24, 2.45) is 0 Å². The van der Waals surface area contributed by atoms with E-state index in [1.54, 1.807) is 18.6 Å². The van der Waals surface area contributed by atoms with E-state index in [0.29, 0.717) is 0 Å². The monoisotopic (exact) mass is 220 g/mol. The molecule has 0 aliphatic rings. The average molecular weight is 220 g/mol. The molecule has 0 fully saturated rings. The maximum atomic E-state index is 4.44. The molecule has 0 amide bonds. The van der Waals surface area contributed by atoms with Crippen LogP contribution < -0.4 is 0 Å². The quantitative estimate of drug-likeness (QED) is 0.427. The second-order valence-electron chi connectivity index (χ2n) is 3.90. The summed E-state index contributed by atoms with van der Waals surface area (Å²) in [6.07, 6.45) is 5.38. The zero-order valence-corrected chi connectivity index (χ0v) is 8.91. The Bertz CT molecular complexity index is 778. The minimum atomic E-state index is 0.937. The summed E-state index contributed by atoms with van der Waals surface area (Å²) in [6, 6.07) is 9.90. The Balaban J connectivity index is 2.48. The Kier molecular flexibility index (Phi) is 1.53. The molecule has 0 spiro atoms. The minimum Gasteiger partial charge on any atom is -0.254 e. The van der Waals surface area contributed by atoms with Gasteiger partial charge in [-0.25, -0.2) is 4.52 Å². The van der Waals surface area contributed by atoms with Gasteiger partial charge in [-0.3, -0.25) is 9.97 Å². The van der Waals surface area contributed by atoms with Crippen LogP contribution in [0.2, 0.25) is 0 Å². The lowest BCUT2D eigenvalue weighted by Crippen LogP contribution is -1.94. The Morgan fingerprint density at radius 1 is 0.765 bits per heavy atom. The minimum absolute atomic E-state index is 0.937. The van der Waals surface area contributed by atoms with Crippen LogP contribution in [0, 0.1) is 0 Å². The number of pyridine rings is 3. The largest absolute Gasteiger partial charge is 0.254 e. The number of hydrogen-bond acceptors (Lipinski definition) is 3. The van der Waals surface area contributed by atoms with Crippen molar-refractivity contribution in [3.63, 3.8) is 0 Å². The van der Waals surface area contributed by atoms with Gasteiger partial charge in [0.25, 0.3) is 0 Å². The molecule has 4 aromatic rings. The summed E-state index contributed by atoms with van der Waals surface area (Å²) in [5.74, 6) is 0. The van der Waals surface area contributed by atoms with Crippen molar-refractivity contribution in [2.75, 3.05) is 0 Å². The predicted octanol–water partition coefficient (Wildman–Crippen LogP) is 2.43. The molecular formula is C13H8N4. The van der Waals surface area contributed by atoms with Crippen LogP contribution in [0.3, 0.4) is 0 Å². The average Bonchev–Trinajstić information content (AvgIpc) is 2.89. The van der Waals surface area contributed by atoms with Crippen LogP contribution in [-0.2, 0) is 0 Å². The highest BCUT2D eigenvalue weighted by atomic mass is 15.2. The molecule has 0 aliphatic heterocycles. The molecule has 0 atom stereocenters. The molecule has 0 aromatic carbocycles. The van der Waals surface area contributed by atoms with E-state index in [1.165, 1.54) is 0 Å². The lowest BCUT2D eigenvalue weighted by atomic mass is 10.2. The summed E-state index contributed by atoms with van der Waals surface area (Å²) < 4.78 is 1.89. The Morgan fingerprint density at radius 3 is 2.29 bits per heavy atom. The third-order valence-electron chi connectivity index (χ3n) is 2.96. The normalized spacial score (nSPS) is 11.5. The van der Waals surface area contributed by atoms with E-state index in [-0.39, 0.29) is 0 Å². The van der Waals surface area contributed by atoms with Crippen molar-refractivity contribution in [3.05, 3.63) is 48.9 Å². The van der Waals surface area contributed by atoms with E-state index in [4.69, 9.17) is 0 Å². The van der Waals surface area contributed by atoms with Gasteiger partial charge in [-0.15, -0.1) is 0 Å². The molecule has 4 aromatic heterocycles. The lowest BCUT2D eigenvalue weighted by molar-refractivity contribution is 1.00. The second-order valence-corrected chi connectivity index (χ2v) is 3.90. The zero-order valence-electron chi connectivity index (χ0n) is 8.91. The maximum absolute atomic E-state index is 4.44. The van der Waals surface area contributed by atoms with Gasteiger partial charge in [0.1, 0.15) is 0 Å². The first kappa shape index (κ1) is 8.64. The standard InChI is InChI=1S/C13H8N4/c1-3-9-12-10(4-2-7-15-12)17-11(5-8-16-17)13(9)14-6-1/h1-8H. The molecule has 0 aliphatic carbocycles. The summed E-state index contributed by atoms with van der Waals surface area (Å²) in [4.78, 5) is 8.87. The van der Waals surface area contributed by atoms with Crippen LogP contribution in [0.5, 0.6) is 0 Å². The first-order valence-electron chi connectivity index (χ1n) is 5.40. The molecule has 4 rings (SSSR count). The Morgan fingerprint density at radius 2 is 1.47 bits per heavy atom. The summed E-state index contributed by atoms with van der Waals surface area (Å²) in [7, 11) is 0. The summed E-state index contributed by atoms with van der Waals surface area (Å²) in [6.45, 7) is 0. The zero-order chi connectivity index (χ0) is 11.2. The van der Waals surface area contributed by atoms with Gasteiger partial charge in [0.2, 0.25) is 0 Å². The van der Waals surface area contributed by atoms with E-state index >= 15 is 0 Å². The van der Waals surface area contributed by atoms with E-state index in [1.807, 2.05) is 34.8 Å². The van der Waals surface area contributed by atoms with Gasteiger partial charge in [0.15, 0.2) is 0 Å². The molecule has 80 valence electrons. The first-order chi connectivity index (χ1) is 8.45. The van der Waals surface area contributed by atoms with Crippen LogP contribution in [0.1, 0.15) is 0 Å². The molecular weight excluding hydrogens is 212 g/mol. The van der Waals surface area contributed by atoms with Gasteiger partial charge in [0.05, 0.1) is 28.3 Å². The molecule has 4 nitrogen and oxygen atoms in total. The van der Waals surface area contributed by atoms with Crippen molar-refractivity contribution < 1.29 is 0 Å². The Labute approximate surface area is 96.5 Å². The molecule has 4 heterocycles. The van der Waals surface area contributed by atoms with Crippen molar-refractivity contribution in [3.8, 4) is 0 Å². The highest BCUT2D eigenvalue weighted by molar-refractivity contribution is 6.08. The Hall–Kier alpha value is -2.49. The van der Waals surface area contributed by atoms with Crippen molar-refractivity contribution in [1.82, 2.24) is 19.6 Å². The van der Waals surface area contributed by atoms with Crippen LogP contribution in [0.4, 0.5) is 0 Å². The molecule has 0 saturated carbocycles. The van der Waals surface area contributed by atoms with Gasteiger partial charge in [-0.2, -0.15) is 5.10 Å². The second kappa shape index (κ2) is 3.01. The number of aromatic nitrogens is 4. The van der Waals surface area contributed by atoms with Crippen molar-refractivity contribution in [1.29, 1.82) is 0 Å². The molecule has 0 bridgehead atoms. The smallest absolute Gasteiger partial charge is 0.0982 e. The summed E-state index contributed by atoms with van der Waals surface area (Å²) >= 11 is 0. The fraction of sp³-hybridized carbons (Fsp3) is 0. The van der Waals surface area contributed by atoms with E-state index in [0.717, 1.165) is 27.5 Å². The number of fused-ring (bicyclic) bond motifs is 6. The number of rotatable bonds is 0. The maximum Gasteiger partial charge on any atom is 0.0982 e. The third-order valence-corrected chi connectivity index (χ3v) is 2.96. The van der Waals surface area contributed by atoms with Crippen LogP contribution in [0.25, 0.3) is 27.5 Å². The lowest BCUT2D eigenvalue weighted by Gasteiger charge is -2.05. The van der Waals surface area contributed by atoms with Crippen molar-refractivity contribution >= 4 is 27.5 Å². The fourth-order valence-corrected chi connectivity index (χ4v) is 2.25. The first-order valence-corrected chi connectivity index (χ1v) is 5.40. The van der Waals surface area contributed by atoms with Crippen LogP contribution in [0.15, 0.2) is 48.9 Å².